The van der Waals surface area contributed by atoms with E-state index in [0.29, 0.717) is 22.5 Å². The van der Waals surface area contributed by atoms with Crippen LogP contribution >= 0.6 is 11.8 Å². The SMILES string of the molecule is C/C(=C\C=O)SC1=C(C(=O)O)N2C(=O)[C@@H]([C@H](C)O)[C@H]2C1. The van der Waals surface area contributed by atoms with Gasteiger partial charge in [0.15, 0.2) is 0 Å². The van der Waals surface area contributed by atoms with Gasteiger partial charge in [-0.05, 0) is 24.8 Å². The Bertz CT molecular complexity index is 537. The summed E-state index contributed by atoms with van der Waals surface area (Å²) >= 11 is 1.18. The molecule has 2 aliphatic heterocycles. The van der Waals surface area contributed by atoms with Crippen molar-refractivity contribution in [1.82, 2.24) is 4.90 Å². The number of aliphatic hydroxyl groups excluding tert-OH is 1. The van der Waals surface area contributed by atoms with Crippen LogP contribution in [0.15, 0.2) is 21.6 Å². The van der Waals surface area contributed by atoms with Crippen molar-refractivity contribution in [3.05, 3.63) is 21.6 Å². The summed E-state index contributed by atoms with van der Waals surface area (Å²) in [6.07, 6.45) is 1.59. The number of carbonyl (C=O) groups excluding carboxylic acids is 2. The molecule has 2 N–H and O–H groups in total. The second-order valence-corrected chi connectivity index (χ2v) is 6.18. The average molecular weight is 297 g/mol. The van der Waals surface area contributed by atoms with E-state index in [2.05, 4.69) is 0 Å². The number of carboxylic acids is 1. The summed E-state index contributed by atoms with van der Waals surface area (Å²) in [4.78, 5) is 36.2. The van der Waals surface area contributed by atoms with Crippen LogP contribution in [-0.4, -0.2) is 45.4 Å². The largest absolute Gasteiger partial charge is 0.477 e. The van der Waals surface area contributed by atoms with Crippen molar-refractivity contribution in [2.75, 3.05) is 0 Å². The van der Waals surface area contributed by atoms with Crippen LogP contribution in [0.3, 0.4) is 0 Å². The first-order valence-corrected chi connectivity index (χ1v) is 6.97. The molecule has 20 heavy (non-hydrogen) atoms. The van der Waals surface area contributed by atoms with E-state index in [0.717, 1.165) is 0 Å². The maximum absolute atomic E-state index is 11.9. The van der Waals surface area contributed by atoms with Gasteiger partial charge in [0.1, 0.15) is 12.0 Å². The van der Waals surface area contributed by atoms with Gasteiger partial charge in [-0.15, -0.1) is 0 Å². The molecule has 3 atom stereocenters. The zero-order valence-electron chi connectivity index (χ0n) is 11.1. The third-order valence-corrected chi connectivity index (χ3v) is 4.54. The van der Waals surface area contributed by atoms with Crippen LogP contribution in [0.1, 0.15) is 20.3 Å². The van der Waals surface area contributed by atoms with E-state index in [1.807, 2.05) is 0 Å². The third-order valence-electron chi connectivity index (χ3n) is 3.48. The van der Waals surface area contributed by atoms with Crippen molar-refractivity contribution in [3.63, 3.8) is 0 Å². The Morgan fingerprint density at radius 1 is 1.55 bits per heavy atom. The second kappa shape index (κ2) is 5.41. The Morgan fingerprint density at radius 3 is 2.70 bits per heavy atom. The highest BCUT2D eigenvalue weighted by Gasteiger charge is 2.56. The molecule has 0 spiro atoms. The summed E-state index contributed by atoms with van der Waals surface area (Å²) in [6, 6.07) is -0.292. The number of carbonyl (C=O) groups is 3. The number of hydrogen-bond acceptors (Lipinski definition) is 5. The Balaban J connectivity index is 2.28. The Hall–Kier alpha value is -1.60. The monoisotopic (exact) mass is 297 g/mol. The number of allylic oxidation sites excluding steroid dienone is 2. The second-order valence-electron chi connectivity index (χ2n) is 4.84. The molecule has 2 rings (SSSR count). The van der Waals surface area contributed by atoms with Crippen LogP contribution in [0, 0.1) is 5.92 Å². The highest BCUT2D eigenvalue weighted by atomic mass is 32.2. The van der Waals surface area contributed by atoms with Gasteiger partial charge in [0.2, 0.25) is 5.91 Å². The highest BCUT2D eigenvalue weighted by Crippen LogP contribution is 2.48. The fourth-order valence-electron chi connectivity index (χ4n) is 2.65. The Kier molecular flexibility index (Phi) is 4.01. The van der Waals surface area contributed by atoms with Crippen LogP contribution in [0.25, 0.3) is 0 Å². The molecule has 7 heteroatoms. The average Bonchev–Trinajstić information content (AvgIpc) is 2.63. The lowest BCUT2D eigenvalue weighted by atomic mass is 9.83. The van der Waals surface area contributed by atoms with Crippen LogP contribution in [0.4, 0.5) is 0 Å². The van der Waals surface area contributed by atoms with Crippen LogP contribution in [0.2, 0.25) is 0 Å². The topological polar surface area (TPSA) is 94.9 Å². The standard InChI is InChI=1S/C13H15NO5S/c1-6(3-4-15)20-9-5-8-10(7(2)16)12(17)14(8)11(9)13(18)19/h3-4,7-8,10,16H,5H2,1-2H3,(H,18,19)/b6-3+/t7-,8+,10-/m0/s1. The van der Waals surface area contributed by atoms with E-state index in [-0.39, 0.29) is 17.6 Å². The number of nitrogens with zero attached hydrogens (tertiary/aromatic N) is 1. The van der Waals surface area contributed by atoms with E-state index in [4.69, 9.17) is 0 Å². The molecule has 2 heterocycles. The molecule has 0 bridgehead atoms. The number of rotatable bonds is 5. The third kappa shape index (κ3) is 2.27. The van der Waals surface area contributed by atoms with Gasteiger partial charge in [-0.1, -0.05) is 11.8 Å². The molecular formula is C13H15NO5S. The number of β-lactam (4-membered cyclic amide) rings is 1. The van der Waals surface area contributed by atoms with Gasteiger partial charge < -0.3 is 15.1 Å². The predicted molar refractivity (Wildman–Crippen MR) is 72.5 cm³/mol. The van der Waals surface area contributed by atoms with Gasteiger partial charge in [0.25, 0.3) is 0 Å². The maximum atomic E-state index is 11.9. The smallest absolute Gasteiger partial charge is 0.353 e. The molecule has 108 valence electrons. The van der Waals surface area contributed by atoms with Gasteiger partial charge in [-0.25, -0.2) is 4.79 Å². The van der Waals surface area contributed by atoms with Gasteiger partial charge in [0.05, 0.1) is 18.1 Å². The fourth-order valence-corrected chi connectivity index (χ4v) is 3.70. The summed E-state index contributed by atoms with van der Waals surface area (Å²) in [5.74, 6) is -2.06. The molecule has 0 aromatic carbocycles. The maximum Gasteiger partial charge on any atom is 0.353 e. The number of fused-ring (bicyclic) bond motifs is 1. The molecule has 1 fully saturated rings. The normalized spacial score (nSPS) is 27.2. The van der Waals surface area contributed by atoms with Gasteiger partial charge >= 0.3 is 5.97 Å². The number of amides is 1. The van der Waals surface area contributed by atoms with Crippen molar-refractivity contribution in [2.45, 2.75) is 32.4 Å². The van der Waals surface area contributed by atoms with Crippen molar-refractivity contribution in [1.29, 1.82) is 0 Å². The molecule has 6 nitrogen and oxygen atoms in total. The molecule has 0 radical (unpaired) electrons. The number of hydrogen-bond donors (Lipinski definition) is 2. The molecule has 0 unspecified atom stereocenters. The van der Waals surface area contributed by atoms with Crippen molar-refractivity contribution >= 4 is 29.9 Å². The number of aliphatic hydroxyl groups is 1. The first kappa shape index (κ1) is 14.8. The fraction of sp³-hybridized carbons (Fsp3) is 0.462. The van der Waals surface area contributed by atoms with Crippen LogP contribution in [0.5, 0.6) is 0 Å². The van der Waals surface area contributed by atoms with E-state index in [9.17, 15) is 24.6 Å². The van der Waals surface area contributed by atoms with Crippen molar-refractivity contribution in [2.24, 2.45) is 5.92 Å². The summed E-state index contributed by atoms with van der Waals surface area (Å²) in [5, 5.41) is 18.9. The molecule has 0 aliphatic carbocycles. The van der Waals surface area contributed by atoms with E-state index >= 15 is 0 Å². The number of aliphatic carboxylic acids is 1. The number of carboxylic acid groups (broad SMARTS) is 1. The summed E-state index contributed by atoms with van der Waals surface area (Å²) < 4.78 is 0. The van der Waals surface area contributed by atoms with Gasteiger partial charge in [0, 0.05) is 11.3 Å². The summed E-state index contributed by atoms with van der Waals surface area (Å²) in [7, 11) is 0. The van der Waals surface area contributed by atoms with E-state index < -0.39 is 18.0 Å². The van der Waals surface area contributed by atoms with Crippen molar-refractivity contribution in [3.8, 4) is 0 Å². The van der Waals surface area contributed by atoms with Crippen LogP contribution in [-0.2, 0) is 14.4 Å². The number of thioether (sulfide) groups is 1. The molecular weight excluding hydrogens is 282 g/mol. The first-order valence-electron chi connectivity index (χ1n) is 6.16. The van der Waals surface area contributed by atoms with E-state index in [1.165, 1.54) is 29.7 Å². The first-order chi connectivity index (χ1) is 9.38. The van der Waals surface area contributed by atoms with Crippen LogP contribution < -0.4 is 0 Å². The summed E-state index contributed by atoms with van der Waals surface area (Å²) in [5.41, 5.74) is -0.0273. The predicted octanol–water partition coefficient (Wildman–Crippen LogP) is 0.730. The molecule has 2 aliphatic rings. The Labute approximate surface area is 120 Å². The van der Waals surface area contributed by atoms with E-state index in [1.54, 1.807) is 6.92 Å². The summed E-state index contributed by atoms with van der Waals surface area (Å²) in [6.45, 7) is 3.23. The number of aldehydes is 1. The lowest BCUT2D eigenvalue weighted by molar-refractivity contribution is -0.161. The zero-order valence-corrected chi connectivity index (χ0v) is 11.9. The lowest BCUT2D eigenvalue weighted by Gasteiger charge is -2.44. The highest BCUT2D eigenvalue weighted by molar-refractivity contribution is 8.06. The Morgan fingerprint density at radius 2 is 2.20 bits per heavy atom. The lowest BCUT2D eigenvalue weighted by Crippen LogP contribution is -2.61. The molecule has 0 saturated carbocycles. The quantitative estimate of drug-likeness (QED) is 0.441. The molecule has 0 aromatic rings. The van der Waals surface area contributed by atoms with Crippen molar-refractivity contribution < 1.29 is 24.6 Å². The molecule has 0 aromatic heterocycles. The molecule has 1 amide bonds. The van der Waals surface area contributed by atoms with Gasteiger partial charge in [-0.2, -0.15) is 0 Å². The van der Waals surface area contributed by atoms with Gasteiger partial charge in [-0.3, -0.25) is 9.59 Å². The minimum Gasteiger partial charge on any atom is -0.477 e. The minimum atomic E-state index is -1.16. The minimum absolute atomic E-state index is 0.0273. The zero-order chi connectivity index (χ0) is 15.0. The molecule has 1 saturated heterocycles.